The molecule has 1 aromatic carbocycles. The number of nitrogens with one attached hydrogen (secondary N) is 1. The van der Waals surface area contributed by atoms with Crippen molar-refractivity contribution >= 4 is 23.0 Å². The first-order valence-corrected chi connectivity index (χ1v) is 8.77. The topological polar surface area (TPSA) is 139 Å². The molecule has 0 fully saturated rings. The molecule has 9 heteroatoms. The van der Waals surface area contributed by atoms with Crippen LogP contribution in [0.2, 0.25) is 0 Å². The summed E-state index contributed by atoms with van der Waals surface area (Å²) >= 11 is 0. The number of hydrogen-bond acceptors (Lipinski definition) is 7. The molecule has 1 aromatic heterocycles. The van der Waals surface area contributed by atoms with Gasteiger partial charge in [-0.1, -0.05) is 0 Å². The SMILES string of the molecule is COc1cc2oc(=O)cc(CC(NC(=O)OC(C)(C)C)C(=O)O)c2cc1CC#N. The molecule has 0 bridgehead atoms. The van der Waals surface area contributed by atoms with Gasteiger partial charge in [-0.05, 0) is 32.4 Å². The maximum atomic E-state index is 12.0. The lowest BCUT2D eigenvalue weighted by Gasteiger charge is -2.22. The van der Waals surface area contributed by atoms with Crippen molar-refractivity contribution < 1.29 is 28.6 Å². The third kappa shape index (κ3) is 5.72. The first kappa shape index (κ1) is 21.8. The number of ether oxygens (including phenoxy) is 2. The van der Waals surface area contributed by atoms with Gasteiger partial charge < -0.3 is 24.3 Å². The second-order valence-corrected chi connectivity index (χ2v) is 7.33. The number of nitrogens with zero attached hydrogens (tertiary/aromatic N) is 1. The summed E-state index contributed by atoms with van der Waals surface area (Å²) in [6, 6.07) is 4.94. The minimum Gasteiger partial charge on any atom is -0.496 e. The molecule has 1 atom stereocenters. The number of rotatable bonds is 6. The van der Waals surface area contributed by atoms with Crippen molar-refractivity contribution in [1.82, 2.24) is 5.32 Å². The van der Waals surface area contributed by atoms with Crippen LogP contribution in [0.1, 0.15) is 31.9 Å². The number of hydrogen-bond donors (Lipinski definition) is 2. The number of carbonyl (C=O) groups excluding carboxylic acids is 1. The van der Waals surface area contributed by atoms with Crippen LogP contribution in [0.4, 0.5) is 4.79 Å². The summed E-state index contributed by atoms with van der Waals surface area (Å²) in [5.74, 6) is -0.913. The Bertz CT molecular complexity index is 1030. The van der Waals surface area contributed by atoms with E-state index in [4.69, 9.17) is 19.2 Å². The largest absolute Gasteiger partial charge is 0.496 e. The molecular formula is C20H22N2O7. The fourth-order valence-corrected chi connectivity index (χ4v) is 2.75. The Morgan fingerprint density at radius 1 is 1.28 bits per heavy atom. The summed E-state index contributed by atoms with van der Waals surface area (Å²) in [5.41, 5.74) is -0.376. The molecule has 2 aromatic rings. The zero-order valence-electron chi connectivity index (χ0n) is 16.6. The summed E-state index contributed by atoms with van der Waals surface area (Å²) in [5, 5.41) is 21.3. The number of nitriles is 1. The number of carbonyl (C=O) groups is 2. The van der Waals surface area contributed by atoms with E-state index in [0.29, 0.717) is 22.3 Å². The number of carboxylic acids is 1. The molecule has 9 nitrogen and oxygen atoms in total. The third-order valence-electron chi connectivity index (χ3n) is 3.91. The van der Waals surface area contributed by atoms with E-state index in [1.807, 2.05) is 6.07 Å². The third-order valence-corrected chi connectivity index (χ3v) is 3.91. The normalized spacial score (nSPS) is 12.1. The quantitative estimate of drug-likeness (QED) is 0.702. The van der Waals surface area contributed by atoms with Crippen LogP contribution >= 0.6 is 0 Å². The standard InChI is InChI=1S/C20H22N2O7/c1-20(2,3)29-19(26)22-14(18(24)25)8-12-9-17(23)28-16-10-15(27-4)11(5-6-21)7-13(12)16/h7,9-10,14H,5,8H2,1-4H3,(H,22,26)(H,24,25). The van der Waals surface area contributed by atoms with Crippen LogP contribution in [0, 0.1) is 11.3 Å². The van der Waals surface area contributed by atoms with Gasteiger partial charge in [0.15, 0.2) is 0 Å². The molecule has 0 aliphatic heterocycles. The second-order valence-electron chi connectivity index (χ2n) is 7.33. The van der Waals surface area contributed by atoms with E-state index in [-0.39, 0.29) is 18.4 Å². The molecule has 1 amide bonds. The number of amides is 1. The highest BCUT2D eigenvalue weighted by atomic mass is 16.6. The van der Waals surface area contributed by atoms with E-state index in [9.17, 15) is 19.5 Å². The van der Waals surface area contributed by atoms with Crippen LogP contribution in [0.25, 0.3) is 11.0 Å². The highest BCUT2D eigenvalue weighted by Crippen LogP contribution is 2.28. The van der Waals surface area contributed by atoms with Crippen molar-refractivity contribution in [2.75, 3.05) is 7.11 Å². The molecule has 0 saturated heterocycles. The molecule has 2 rings (SSSR count). The Morgan fingerprint density at radius 2 is 1.97 bits per heavy atom. The van der Waals surface area contributed by atoms with Gasteiger partial charge in [-0.25, -0.2) is 14.4 Å². The molecule has 0 spiro atoms. The summed E-state index contributed by atoms with van der Waals surface area (Å²) in [7, 11) is 1.43. The first-order chi connectivity index (χ1) is 13.5. The molecule has 0 saturated carbocycles. The number of benzene rings is 1. The molecule has 1 unspecified atom stereocenters. The Hall–Kier alpha value is -3.54. The van der Waals surface area contributed by atoms with Crippen molar-refractivity contribution in [2.45, 2.75) is 45.3 Å². The van der Waals surface area contributed by atoms with Gasteiger partial charge in [-0.3, -0.25) is 0 Å². The average Bonchev–Trinajstić information content (AvgIpc) is 2.59. The molecule has 1 heterocycles. The van der Waals surface area contributed by atoms with Crippen LogP contribution < -0.4 is 15.7 Å². The zero-order valence-corrected chi connectivity index (χ0v) is 16.6. The van der Waals surface area contributed by atoms with Crippen molar-refractivity contribution in [1.29, 1.82) is 5.26 Å². The van der Waals surface area contributed by atoms with Gasteiger partial charge in [-0.2, -0.15) is 5.26 Å². The van der Waals surface area contributed by atoms with Gasteiger partial charge in [0, 0.05) is 29.5 Å². The minimum absolute atomic E-state index is 0.0518. The van der Waals surface area contributed by atoms with Gasteiger partial charge in [0.2, 0.25) is 0 Å². The van der Waals surface area contributed by atoms with Crippen molar-refractivity contribution in [2.24, 2.45) is 0 Å². The van der Waals surface area contributed by atoms with Gasteiger partial charge in [-0.15, -0.1) is 0 Å². The fraction of sp³-hybridized carbons (Fsp3) is 0.400. The number of methoxy groups -OCH3 is 1. The maximum Gasteiger partial charge on any atom is 0.408 e. The Morgan fingerprint density at radius 3 is 2.52 bits per heavy atom. The summed E-state index contributed by atoms with van der Waals surface area (Å²) in [4.78, 5) is 35.6. The van der Waals surface area contributed by atoms with E-state index in [1.165, 1.54) is 13.2 Å². The summed E-state index contributed by atoms with van der Waals surface area (Å²) < 4.78 is 15.5. The Labute approximate surface area is 166 Å². The minimum atomic E-state index is -1.34. The van der Waals surface area contributed by atoms with Crippen LogP contribution in [-0.2, 0) is 22.4 Å². The number of aliphatic carboxylic acids is 1. The predicted octanol–water partition coefficient (Wildman–Crippen LogP) is 2.39. The zero-order chi connectivity index (χ0) is 21.8. The van der Waals surface area contributed by atoms with E-state index in [1.54, 1.807) is 26.8 Å². The molecular weight excluding hydrogens is 380 g/mol. The van der Waals surface area contributed by atoms with E-state index >= 15 is 0 Å². The monoisotopic (exact) mass is 402 g/mol. The van der Waals surface area contributed by atoms with Gasteiger partial charge in [0.1, 0.15) is 23.0 Å². The number of alkyl carbamates (subject to hydrolysis) is 1. The van der Waals surface area contributed by atoms with E-state index < -0.39 is 29.3 Å². The van der Waals surface area contributed by atoms with E-state index in [0.717, 1.165) is 6.07 Å². The molecule has 0 aliphatic carbocycles. The number of fused-ring (bicyclic) bond motifs is 1. The van der Waals surface area contributed by atoms with Crippen molar-refractivity contribution in [3.63, 3.8) is 0 Å². The van der Waals surface area contributed by atoms with Gasteiger partial charge in [0.05, 0.1) is 19.6 Å². The lowest BCUT2D eigenvalue weighted by atomic mass is 9.99. The average molecular weight is 402 g/mol. The van der Waals surface area contributed by atoms with Crippen LogP contribution in [0.5, 0.6) is 5.75 Å². The summed E-state index contributed by atoms with van der Waals surface area (Å²) in [6.07, 6.45) is -1.02. The van der Waals surface area contributed by atoms with E-state index in [2.05, 4.69) is 5.32 Å². The Kier molecular flexibility index (Phi) is 6.49. The van der Waals surface area contributed by atoms with Crippen LogP contribution in [-0.4, -0.2) is 35.9 Å². The highest BCUT2D eigenvalue weighted by Gasteiger charge is 2.25. The summed E-state index contributed by atoms with van der Waals surface area (Å²) in [6.45, 7) is 4.97. The lowest BCUT2D eigenvalue weighted by Crippen LogP contribution is -2.44. The molecule has 0 aliphatic rings. The Balaban J connectivity index is 2.46. The van der Waals surface area contributed by atoms with Gasteiger partial charge in [0.25, 0.3) is 0 Å². The highest BCUT2D eigenvalue weighted by molar-refractivity contribution is 5.85. The lowest BCUT2D eigenvalue weighted by molar-refractivity contribution is -0.139. The molecule has 0 radical (unpaired) electrons. The van der Waals surface area contributed by atoms with Crippen LogP contribution in [0.3, 0.4) is 0 Å². The smallest absolute Gasteiger partial charge is 0.408 e. The first-order valence-electron chi connectivity index (χ1n) is 8.77. The van der Waals surface area contributed by atoms with Crippen molar-refractivity contribution in [3.8, 4) is 11.8 Å². The maximum absolute atomic E-state index is 12.0. The predicted molar refractivity (Wildman–Crippen MR) is 103 cm³/mol. The fourth-order valence-electron chi connectivity index (χ4n) is 2.75. The molecule has 154 valence electrons. The number of carboxylic acid groups (broad SMARTS) is 1. The molecule has 2 N–H and O–H groups in total. The van der Waals surface area contributed by atoms with Crippen molar-refractivity contribution in [3.05, 3.63) is 39.7 Å². The molecule has 29 heavy (non-hydrogen) atoms. The second kappa shape index (κ2) is 8.65. The van der Waals surface area contributed by atoms with Crippen LogP contribution in [0.15, 0.2) is 27.4 Å². The van der Waals surface area contributed by atoms with Gasteiger partial charge >= 0.3 is 17.7 Å².